The molecule has 0 spiro atoms. The van der Waals surface area contributed by atoms with Crippen molar-refractivity contribution in [1.82, 2.24) is 14.5 Å². The first-order chi connectivity index (χ1) is 12.3. The van der Waals surface area contributed by atoms with E-state index in [0.717, 1.165) is 28.5 Å². The molecule has 0 saturated heterocycles. The standard InChI is InChI=1S/C20H20N4O/c1-2-5-19(25)24-18-7-4-3-6-17(18)23-20(24)22-13-14-8-9-16-15(12-14)10-11-21-16/h3-4,6-12,21H,2,5,13H2,1H3,(H,22,23). The molecule has 2 N–H and O–H groups in total. The summed E-state index contributed by atoms with van der Waals surface area (Å²) in [6, 6.07) is 16.1. The third-order valence-corrected chi connectivity index (χ3v) is 4.34. The molecule has 2 aromatic carbocycles. The number of carbonyl (C=O) groups is 1. The summed E-state index contributed by atoms with van der Waals surface area (Å²) in [7, 11) is 0. The molecule has 0 radical (unpaired) electrons. The first kappa shape index (κ1) is 15.4. The van der Waals surface area contributed by atoms with Crippen molar-refractivity contribution in [3.05, 3.63) is 60.3 Å². The molecule has 0 aliphatic heterocycles. The molecule has 0 bridgehead atoms. The van der Waals surface area contributed by atoms with E-state index in [1.54, 1.807) is 4.57 Å². The van der Waals surface area contributed by atoms with Gasteiger partial charge in [-0.3, -0.25) is 4.79 Å². The predicted octanol–water partition coefficient (Wildman–Crippen LogP) is 4.57. The Hall–Kier alpha value is -3.08. The molecule has 2 heterocycles. The number of rotatable bonds is 5. The maximum absolute atomic E-state index is 12.6. The number of benzene rings is 2. The molecule has 4 rings (SSSR count). The number of aromatic amines is 1. The van der Waals surface area contributed by atoms with Gasteiger partial charge in [-0.25, -0.2) is 9.55 Å². The van der Waals surface area contributed by atoms with Gasteiger partial charge < -0.3 is 10.3 Å². The first-order valence-electron chi connectivity index (χ1n) is 8.57. The van der Waals surface area contributed by atoms with E-state index in [-0.39, 0.29) is 5.91 Å². The minimum absolute atomic E-state index is 0.0692. The highest BCUT2D eigenvalue weighted by Crippen LogP contribution is 2.21. The number of nitrogens with one attached hydrogen (secondary N) is 2. The Labute approximate surface area is 145 Å². The summed E-state index contributed by atoms with van der Waals surface area (Å²) in [5.74, 6) is 0.675. The molecule has 0 saturated carbocycles. The molecule has 0 atom stereocenters. The summed E-state index contributed by atoms with van der Waals surface area (Å²) in [5, 5.41) is 4.51. The van der Waals surface area contributed by atoms with Crippen LogP contribution in [0.4, 0.5) is 5.95 Å². The largest absolute Gasteiger partial charge is 0.361 e. The van der Waals surface area contributed by atoms with Gasteiger partial charge in [-0.1, -0.05) is 25.1 Å². The zero-order valence-electron chi connectivity index (χ0n) is 14.1. The third-order valence-electron chi connectivity index (χ3n) is 4.34. The topological polar surface area (TPSA) is 62.7 Å². The number of hydrogen-bond donors (Lipinski definition) is 2. The number of para-hydroxylation sites is 2. The van der Waals surface area contributed by atoms with Crippen LogP contribution >= 0.6 is 0 Å². The van der Waals surface area contributed by atoms with Crippen molar-refractivity contribution in [3.8, 4) is 0 Å². The number of aromatic nitrogens is 3. The normalized spacial score (nSPS) is 11.2. The van der Waals surface area contributed by atoms with Gasteiger partial charge in [0.15, 0.2) is 0 Å². The maximum Gasteiger partial charge on any atom is 0.233 e. The molecule has 0 aliphatic carbocycles. The number of H-pyrrole nitrogens is 1. The molecule has 5 nitrogen and oxygen atoms in total. The van der Waals surface area contributed by atoms with Crippen LogP contribution in [0.2, 0.25) is 0 Å². The van der Waals surface area contributed by atoms with Crippen LogP contribution < -0.4 is 5.32 Å². The molecule has 5 heteroatoms. The van der Waals surface area contributed by atoms with Crippen LogP contribution in [0.5, 0.6) is 0 Å². The molecule has 0 amide bonds. The van der Waals surface area contributed by atoms with Crippen molar-refractivity contribution in [2.75, 3.05) is 5.32 Å². The Morgan fingerprint density at radius 3 is 2.96 bits per heavy atom. The monoisotopic (exact) mass is 332 g/mol. The molecule has 2 aromatic heterocycles. The lowest BCUT2D eigenvalue weighted by molar-refractivity contribution is 0.0909. The van der Waals surface area contributed by atoms with E-state index < -0.39 is 0 Å². The molecular weight excluding hydrogens is 312 g/mol. The zero-order chi connectivity index (χ0) is 17.2. The van der Waals surface area contributed by atoms with Crippen LogP contribution in [-0.4, -0.2) is 20.4 Å². The molecule has 0 aliphatic rings. The Bertz CT molecular complexity index is 1040. The van der Waals surface area contributed by atoms with Gasteiger partial charge in [0.05, 0.1) is 11.0 Å². The second-order valence-corrected chi connectivity index (χ2v) is 6.16. The van der Waals surface area contributed by atoms with Gasteiger partial charge in [0, 0.05) is 24.7 Å². The summed E-state index contributed by atoms with van der Waals surface area (Å²) in [4.78, 5) is 20.4. The van der Waals surface area contributed by atoms with Crippen LogP contribution in [0.15, 0.2) is 54.7 Å². The zero-order valence-corrected chi connectivity index (χ0v) is 14.1. The van der Waals surface area contributed by atoms with Crippen molar-refractivity contribution >= 4 is 33.8 Å². The van der Waals surface area contributed by atoms with Gasteiger partial charge in [0.25, 0.3) is 0 Å². The van der Waals surface area contributed by atoms with Crippen LogP contribution in [0.25, 0.3) is 21.9 Å². The van der Waals surface area contributed by atoms with Crippen molar-refractivity contribution in [1.29, 1.82) is 0 Å². The van der Waals surface area contributed by atoms with Crippen molar-refractivity contribution in [2.24, 2.45) is 0 Å². The van der Waals surface area contributed by atoms with E-state index in [0.29, 0.717) is 18.9 Å². The summed E-state index contributed by atoms with van der Waals surface area (Å²) in [6.07, 6.45) is 3.25. The van der Waals surface area contributed by atoms with Gasteiger partial charge in [0.1, 0.15) is 0 Å². The average molecular weight is 332 g/mol. The van der Waals surface area contributed by atoms with Crippen molar-refractivity contribution < 1.29 is 4.79 Å². The number of hydrogen-bond acceptors (Lipinski definition) is 3. The highest BCUT2D eigenvalue weighted by Gasteiger charge is 2.15. The van der Waals surface area contributed by atoms with Crippen molar-refractivity contribution in [2.45, 2.75) is 26.3 Å². The van der Waals surface area contributed by atoms with E-state index >= 15 is 0 Å². The fraction of sp³-hybridized carbons (Fsp3) is 0.200. The summed E-state index contributed by atoms with van der Waals surface area (Å²) >= 11 is 0. The summed E-state index contributed by atoms with van der Waals surface area (Å²) < 4.78 is 1.70. The van der Waals surface area contributed by atoms with Gasteiger partial charge in [-0.2, -0.15) is 0 Å². The van der Waals surface area contributed by atoms with E-state index in [1.807, 2.05) is 37.4 Å². The number of carbonyl (C=O) groups excluding carboxylic acids is 1. The van der Waals surface area contributed by atoms with Crippen LogP contribution in [0.3, 0.4) is 0 Å². The van der Waals surface area contributed by atoms with Gasteiger partial charge in [-0.05, 0) is 47.7 Å². The highest BCUT2D eigenvalue weighted by molar-refractivity contribution is 5.93. The Morgan fingerprint density at radius 1 is 1.20 bits per heavy atom. The van der Waals surface area contributed by atoms with E-state index in [4.69, 9.17) is 0 Å². The Morgan fingerprint density at radius 2 is 2.08 bits per heavy atom. The Kier molecular flexibility index (Phi) is 3.98. The molecule has 25 heavy (non-hydrogen) atoms. The molecule has 4 aromatic rings. The smallest absolute Gasteiger partial charge is 0.233 e. The summed E-state index contributed by atoms with van der Waals surface area (Å²) in [6.45, 7) is 2.63. The number of fused-ring (bicyclic) bond motifs is 2. The predicted molar refractivity (Wildman–Crippen MR) is 101 cm³/mol. The van der Waals surface area contributed by atoms with E-state index in [9.17, 15) is 4.79 Å². The minimum Gasteiger partial charge on any atom is -0.361 e. The lowest BCUT2D eigenvalue weighted by Gasteiger charge is -2.09. The van der Waals surface area contributed by atoms with Crippen LogP contribution in [0, 0.1) is 0 Å². The number of imidazole rings is 1. The maximum atomic E-state index is 12.6. The lowest BCUT2D eigenvalue weighted by Crippen LogP contribution is -2.14. The quantitative estimate of drug-likeness (QED) is 0.563. The van der Waals surface area contributed by atoms with Crippen LogP contribution in [-0.2, 0) is 6.54 Å². The van der Waals surface area contributed by atoms with Gasteiger partial charge in [-0.15, -0.1) is 0 Å². The second-order valence-electron chi connectivity index (χ2n) is 6.16. The fourth-order valence-electron chi connectivity index (χ4n) is 3.12. The number of anilines is 1. The molecule has 0 fully saturated rings. The first-order valence-corrected chi connectivity index (χ1v) is 8.57. The molecule has 0 unspecified atom stereocenters. The van der Waals surface area contributed by atoms with Crippen molar-refractivity contribution in [3.63, 3.8) is 0 Å². The lowest BCUT2D eigenvalue weighted by atomic mass is 10.1. The highest BCUT2D eigenvalue weighted by atomic mass is 16.2. The molecule has 126 valence electrons. The average Bonchev–Trinajstić information content (AvgIpc) is 3.23. The SMILES string of the molecule is CCCC(=O)n1c(NCc2ccc3[nH]ccc3c2)nc2ccccc21. The Balaban J connectivity index is 1.65. The molecular formula is C20H20N4O. The van der Waals surface area contributed by atoms with Gasteiger partial charge >= 0.3 is 0 Å². The third kappa shape index (κ3) is 2.89. The van der Waals surface area contributed by atoms with E-state index in [1.165, 1.54) is 5.39 Å². The fourth-order valence-corrected chi connectivity index (χ4v) is 3.12. The summed E-state index contributed by atoms with van der Waals surface area (Å²) in [5.41, 5.74) is 3.95. The van der Waals surface area contributed by atoms with Crippen LogP contribution in [0.1, 0.15) is 30.1 Å². The number of nitrogens with zero attached hydrogens (tertiary/aromatic N) is 2. The second kappa shape index (κ2) is 6.43. The van der Waals surface area contributed by atoms with Gasteiger partial charge in [0.2, 0.25) is 11.9 Å². The minimum atomic E-state index is 0.0692. The van der Waals surface area contributed by atoms with E-state index in [2.05, 4.69) is 39.6 Å².